The molecule has 0 spiro atoms. The van der Waals surface area contributed by atoms with E-state index in [9.17, 15) is 9.90 Å². The van der Waals surface area contributed by atoms with E-state index in [0.29, 0.717) is 23.6 Å². The van der Waals surface area contributed by atoms with Crippen molar-refractivity contribution in [1.29, 1.82) is 0 Å². The number of benzene rings is 2. The van der Waals surface area contributed by atoms with Crippen molar-refractivity contribution in [2.24, 2.45) is 0 Å². The van der Waals surface area contributed by atoms with Crippen LogP contribution in [-0.4, -0.2) is 37.8 Å². The molecule has 2 atom stereocenters. The van der Waals surface area contributed by atoms with E-state index >= 15 is 0 Å². The van der Waals surface area contributed by atoms with E-state index in [2.05, 4.69) is 17.2 Å². The smallest absolute Gasteiger partial charge is 0.254 e. The lowest BCUT2D eigenvalue weighted by molar-refractivity contribution is 0.0479. The first-order valence-corrected chi connectivity index (χ1v) is 10.8. The highest BCUT2D eigenvalue weighted by Gasteiger charge is 2.39. The van der Waals surface area contributed by atoms with Gasteiger partial charge in [0.1, 0.15) is 0 Å². The number of carbonyl (C=O) groups excluding carboxylic acids is 1. The van der Waals surface area contributed by atoms with E-state index in [1.54, 1.807) is 6.20 Å². The Morgan fingerprint density at radius 1 is 1.23 bits per heavy atom. The average Bonchev–Trinajstić information content (AvgIpc) is 3.48. The Morgan fingerprint density at radius 2 is 2.03 bits per heavy atom. The maximum atomic E-state index is 13.1. The second kappa shape index (κ2) is 7.56. The summed E-state index contributed by atoms with van der Waals surface area (Å²) in [4.78, 5) is 14.9. The van der Waals surface area contributed by atoms with Gasteiger partial charge in [0, 0.05) is 35.1 Å². The standard InChI is InChI=1S/C24H24ClN3O2/c1-15-17(12-16-6-8-18(9-7-16)28-11-3-10-26-28)13-19-20(23(15)25)14-27(24(19)30)21-4-2-5-22(21)29/h3,6-11,13,21-22,29H,2,4-5,12,14H2,1H3/t21-,22-/m0/s1. The van der Waals surface area contributed by atoms with Crippen LogP contribution in [-0.2, 0) is 13.0 Å². The molecule has 1 amide bonds. The van der Waals surface area contributed by atoms with Crippen LogP contribution in [0.5, 0.6) is 0 Å². The minimum atomic E-state index is -0.434. The van der Waals surface area contributed by atoms with Crippen molar-refractivity contribution < 1.29 is 9.90 Å². The molecular formula is C24H24ClN3O2. The maximum absolute atomic E-state index is 13.1. The van der Waals surface area contributed by atoms with E-state index in [1.165, 1.54) is 0 Å². The first-order chi connectivity index (χ1) is 14.5. The molecule has 1 aliphatic carbocycles. The number of rotatable bonds is 4. The predicted octanol–water partition coefficient (Wildman–Crippen LogP) is 4.29. The fraction of sp³-hybridized carbons (Fsp3) is 0.333. The minimum Gasteiger partial charge on any atom is -0.391 e. The SMILES string of the molecule is Cc1c(Cc2ccc(-n3cccn3)cc2)cc2c(c1Cl)CN([C@H]1CCC[C@@H]1O)C2=O. The third-order valence-corrected chi connectivity index (χ3v) is 6.99. The molecule has 1 fully saturated rings. The third-order valence-electron chi connectivity index (χ3n) is 6.48. The van der Waals surface area contributed by atoms with Crippen molar-refractivity contribution in [3.8, 4) is 5.69 Å². The first-order valence-electron chi connectivity index (χ1n) is 10.4. The molecule has 1 aromatic heterocycles. The summed E-state index contributed by atoms with van der Waals surface area (Å²) < 4.78 is 1.83. The van der Waals surface area contributed by atoms with Crippen LogP contribution in [0, 0.1) is 6.92 Å². The lowest BCUT2D eigenvalue weighted by Gasteiger charge is -2.26. The second-order valence-electron chi connectivity index (χ2n) is 8.29. The molecule has 2 aliphatic rings. The number of aromatic nitrogens is 2. The summed E-state index contributed by atoms with van der Waals surface area (Å²) in [5.41, 5.74) is 5.83. The van der Waals surface area contributed by atoms with Gasteiger partial charge in [-0.1, -0.05) is 23.7 Å². The van der Waals surface area contributed by atoms with Gasteiger partial charge in [-0.3, -0.25) is 4.79 Å². The van der Waals surface area contributed by atoms with Crippen LogP contribution in [0.4, 0.5) is 0 Å². The molecule has 5 rings (SSSR count). The van der Waals surface area contributed by atoms with Crippen LogP contribution in [0.25, 0.3) is 5.69 Å². The maximum Gasteiger partial charge on any atom is 0.254 e. The zero-order chi connectivity index (χ0) is 20.8. The number of halogens is 1. The van der Waals surface area contributed by atoms with Crippen molar-refractivity contribution in [3.63, 3.8) is 0 Å². The van der Waals surface area contributed by atoms with Gasteiger partial charge in [-0.2, -0.15) is 5.10 Å². The highest BCUT2D eigenvalue weighted by molar-refractivity contribution is 6.33. The molecule has 0 unspecified atom stereocenters. The molecule has 0 radical (unpaired) electrons. The molecule has 1 saturated carbocycles. The number of hydrogen-bond donors (Lipinski definition) is 1. The Labute approximate surface area is 180 Å². The Hall–Kier alpha value is -2.63. The number of carbonyl (C=O) groups is 1. The summed E-state index contributed by atoms with van der Waals surface area (Å²) in [5, 5.41) is 15.2. The highest BCUT2D eigenvalue weighted by atomic mass is 35.5. The average molecular weight is 422 g/mol. The van der Waals surface area contributed by atoms with E-state index in [-0.39, 0.29) is 11.9 Å². The molecule has 30 heavy (non-hydrogen) atoms. The fourth-order valence-electron chi connectivity index (χ4n) is 4.74. The monoisotopic (exact) mass is 421 g/mol. The Morgan fingerprint density at radius 3 is 2.70 bits per heavy atom. The van der Waals surface area contributed by atoms with Gasteiger partial charge in [0.2, 0.25) is 0 Å². The van der Waals surface area contributed by atoms with E-state index in [0.717, 1.165) is 47.2 Å². The van der Waals surface area contributed by atoms with Crippen LogP contribution in [0.1, 0.15) is 51.9 Å². The van der Waals surface area contributed by atoms with E-state index in [1.807, 2.05) is 47.0 Å². The minimum absolute atomic E-state index is 0.00636. The number of fused-ring (bicyclic) bond motifs is 1. The van der Waals surface area contributed by atoms with Gasteiger partial charge in [0.05, 0.1) is 17.8 Å². The summed E-state index contributed by atoms with van der Waals surface area (Å²) in [5.74, 6) is -0.00636. The summed E-state index contributed by atoms with van der Waals surface area (Å²) in [6, 6.07) is 12.1. The Bertz CT molecular complexity index is 1090. The van der Waals surface area contributed by atoms with Crippen LogP contribution in [0.15, 0.2) is 48.8 Å². The highest BCUT2D eigenvalue weighted by Crippen LogP contribution is 2.38. The molecule has 6 heteroatoms. The van der Waals surface area contributed by atoms with Gasteiger partial charge in [-0.05, 0) is 73.6 Å². The predicted molar refractivity (Wildman–Crippen MR) is 116 cm³/mol. The fourth-order valence-corrected chi connectivity index (χ4v) is 5.02. The molecule has 0 saturated heterocycles. The lowest BCUT2D eigenvalue weighted by Crippen LogP contribution is -2.40. The van der Waals surface area contributed by atoms with Gasteiger partial charge in [-0.25, -0.2) is 4.68 Å². The molecular weight excluding hydrogens is 398 g/mol. The van der Waals surface area contributed by atoms with Crippen LogP contribution >= 0.6 is 11.6 Å². The zero-order valence-electron chi connectivity index (χ0n) is 16.9. The summed E-state index contributed by atoms with van der Waals surface area (Å²) in [6.07, 6.45) is 6.52. The summed E-state index contributed by atoms with van der Waals surface area (Å²) >= 11 is 6.72. The quantitative estimate of drug-likeness (QED) is 0.683. The van der Waals surface area contributed by atoms with Crippen molar-refractivity contribution in [1.82, 2.24) is 14.7 Å². The van der Waals surface area contributed by atoms with Gasteiger partial charge >= 0.3 is 0 Å². The molecule has 154 valence electrons. The van der Waals surface area contributed by atoms with Crippen molar-refractivity contribution in [2.75, 3.05) is 0 Å². The molecule has 2 aromatic carbocycles. The van der Waals surface area contributed by atoms with Gasteiger partial charge in [0.15, 0.2) is 0 Å². The van der Waals surface area contributed by atoms with Gasteiger partial charge in [-0.15, -0.1) is 0 Å². The molecule has 1 aliphatic heterocycles. The number of aliphatic hydroxyl groups is 1. The van der Waals surface area contributed by atoms with Crippen LogP contribution < -0.4 is 0 Å². The van der Waals surface area contributed by atoms with Crippen LogP contribution in [0.3, 0.4) is 0 Å². The van der Waals surface area contributed by atoms with Gasteiger partial charge < -0.3 is 10.0 Å². The van der Waals surface area contributed by atoms with Crippen molar-refractivity contribution >= 4 is 17.5 Å². The number of aliphatic hydroxyl groups excluding tert-OH is 1. The van der Waals surface area contributed by atoms with Crippen LogP contribution in [0.2, 0.25) is 5.02 Å². The zero-order valence-corrected chi connectivity index (χ0v) is 17.6. The van der Waals surface area contributed by atoms with Crippen molar-refractivity contribution in [3.05, 3.63) is 81.6 Å². The molecule has 3 aromatic rings. The normalized spacial score (nSPS) is 20.8. The van der Waals surface area contributed by atoms with Gasteiger partial charge in [0.25, 0.3) is 5.91 Å². The lowest BCUT2D eigenvalue weighted by atomic mass is 9.95. The van der Waals surface area contributed by atoms with E-state index < -0.39 is 6.10 Å². The largest absolute Gasteiger partial charge is 0.391 e. The number of amides is 1. The summed E-state index contributed by atoms with van der Waals surface area (Å²) in [6.45, 7) is 2.52. The summed E-state index contributed by atoms with van der Waals surface area (Å²) in [7, 11) is 0. The topological polar surface area (TPSA) is 58.4 Å². The molecule has 0 bridgehead atoms. The number of nitrogens with zero attached hydrogens (tertiary/aromatic N) is 3. The van der Waals surface area contributed by atoms with E-state index in [4.69, 9.17) is 11.6 Å². The Kier molecular flexibility index (Phi) is 4.88. The molecule has 2 heterocycles. The number of hydrogen-bond acceptors (Lipinski definition) is 3. The molecule has 1 N–H and O–H groups in total. The second-order valence-corrected chi connectivity index (χ2v) is 8.67. The third kappa shape index (κ3) is 3.22. The first kappa shape index (κ1) is 19.3. The van der Waals surface area contributed by atoms with Crippen molar-refractivity contribution in [2.45, 2.75) is 51.3 Å². The Balaban J connectivity index is 1.42. The molecule has 5 nitrogen and oxygen atoms in total.